The number of fused-ring (bicyclic) bond motifs is 1. The highest BCUT2D eigenvalue weighted by Crippen LogP contribution is 2.12. The smallest absolute Gasteiger partial charge is 0.321 e. The van der Waals surface area contributed by atoms with Gasteiger partial charge < -0.3 is 10.1 Å². The lowest BCUT2D eigenvalue weighted by Crippen LogP contribution is -2.40. The summed E-state index contributed by atoms with van der Waals surface area (Å²) in [6.07, 6.45) is 2.55. The third-order valence-corrected chi connectivity index (χ3v) is 3.19. The Kier molecular flexibility index (Phi) is 4.91. The number of anilines is 1. The van der Waals surface area contributed by atoms with E-state index in [2.05, 4.69) is 36.6 Å². The molecule has 2 aromatic rings. The predicted molar refractivity (Wildman–Crippen MR) is 78.8 cm³/mol. The van der Waals surface area contributed by atoms with Crippen molar-refractivity contribution in [3.8, 4) is 0 Å². The number of amides is 2. The third-order valence-electron chi connectivity index (χ3n) is 2.72. The van der Waals surface area contributed by atoms with E-state index in [1.54, 1.807) is 23.9 Å². The van der Waals surface area contributed by atoms with Gasteiger partial charge in [-0.25, -0.2) is 9.31 Å². The van der Waals surface area contributed by atoms with E-state index in [0.717, 1.165) is 10.9 Å². The zero-order valence-corrected chi connectivity index (χ0v) is 12.8. The van der Waals surface area contributed by atoms with Gasteiger partial charge in [-0.1, -0.05) is 6.92 Å². The Morgan fingerprint density at radius 3 is 3.05 bits per heavy atom. The number of carbonyl (C=O) groups excluding carboxylic acids is 1. The van der Waals surface area contributed by atoms with Gasteiger partial charge in [-0.2, -0.15) is 4.98 Å². The Bertz CT molecular complexity index is 601. The van der Waals surface area contributed by atoms with Gasteiger partial charge in [-0.05, 0) is 34.5 Å². The SMILES string of the molecule is CC[C@H](COC)NC(=O)Nc1nc2ccc(Br)cn2n1. The number of halogens is 1. The quantitative estimate of drug-likeness (QED) is 0.871. The van der Waals surface area contributed by atoms with Crippen LogP contribution in [-0.2, 0) is 4.74 Å². The van der Waals surface area contributed by atoms with Gasteiger partial charge in [0.2, 0.25) is 0 Å². The first-order chi connectivity index (χ1) is 9.62. The van der Waals surface area contributed by atoms with Crippen molar-refractivity contribution < 1.29 is 9.53 Å². The molecule has 2 aromatic heterocycles. The van der Waals surface area contributed by atoms with Crippen molar-refractivity contribution in [2.75, 3.05) is 19.0 Å². The van der Waals surface area contributed by atoms with Gasteiger partial charge in [0.1, 0.15) is 0 Å². The summed E-state index contributed by atoms with van der Waals surface area (Å²) in [5, 5.41) is 9.57. The molecule has 2 N–H and O–H groups in total. The number of aromatic nitrogens is 3. The van der Waals surface area contributed by atoms with E-state index < -0.39 is 0 Å². The molecule has 1 atom stereocenters. The van der Waals surface area contributed by atoms with Gasteiger partial charge in [-0.3, -0.25) is 5.32 Å². The normalized spacial score (nSPS) is 12.3. The summed E-state index contributed by atoms with van der Waals surface area (Å²) >= 11 is 3.35. The number of hydrogen-bond acceptors (Lipinski definition) is 4. The molecule has 2 rings (SSSR count). The third kappa shape index (κ3) is 3.67. The molecular weight excluding hydrogens is 326 g/mol. The first-order valence-corrected chi connectivity index (χ1v) is 7.00. The molecule has 8 heteroatoms. The number of methoxy groups -OCH3 is 1. The molecule has 7 nitrogen and oxygen atoms in total. The second kappa shape index (κ2) is 6.67. The molecule has 0 aliphatic carbocycles. The van der Waals surface area contributed by atoms with Gasteiger partial charge in [0, 0.05) is 17.8 Å². The minimum absolute atomic E-state index is 0.0359. The van der Waals surface area contributed by atoms with E-state index in [-0.39, 0.29) is 18.0 Å². The fourth-order valence-electron chi connectivity index (χ4n) is 1.70. The lowest BCUT2D eigenvalue weighted by molar-refractivity contribution is 0.165. The number of pyridine rings is 1. The maximum Gasteiger partial charge on any atom is 0.321 e. The Hall–Kier alpha value is -1.67. The number of hydrogen-bond donors (Lipinski definition) is 2. The predicted octanol–water partition coefficient (Wildman–Crippen LogP) is 2.04. The minimum atomic E-state index is -0.344. The number of urea groups is 1. The second-order valence-corrected chi connectivity index (χ2v) is 5.16. The van der Waals surface area contributed by atoms with Crippen LogP contribution in [-0.4, -0.2) is 40.4 Å². The van der Waals surface area contributed by atoms with Crippen molar-refractivity contribution in [1.82, 2.24) is 19.9 Å². The van der Waals surface area contributed by atoms with E-state index in [4.69, 9.17) is 4.74 Å². The standard InChI is InChI=1S/C12H16BrN5O2/c1-3-9(7-20-2)14-12(19)16-11-15-10-5-4-8(13)6-18(10)17-11/h4-6,9H,3,7H2,1-2H3,(H2,14,16,17,19)/t9-/m1/s1. The number of carbonyl (C=O) groups is 1. The van der Waals surface area contributed by atoms with Crippen LogP contribution < -0.4 is 10.6 Å². The van der Waals surface area contributed by atoms with Crippen LogP contribution in [0.15, 0.2) is 22.8 Å². The zero-order chi connectivity index (χ0) is 14.5. The molecule has 0 saturated carbocycles. The summed E-state index contributed by atoms with van der Waals surface area (Å²) < 4.78 is 7.50. The molecule has 0 spiro atoms. The fraction of sp³-hybridized carbons (Fsp3) is 0.417. The largest absolute Gasteiger partial charge is 0.383 e. The molecule has 0 bridgehead atoms. The highest BCUT2D eigenvalue weighted by atomic mass is 79.9. The van der Waals surface area contributed by atoms with Gasteiger partial charge in [0.05, 0.1) is 12.6 Å². The minimum Gasteiger partial charge on any atom is -0.383 e. The number of nitrogens with zero attached hydrogens (tertiary/aromatic N) is 3. The molecule has 2 amide bonds. The number of ether oxygens (including phenoxy) is 1. The van der Waals surface area contributed by atoms with Gasteiger partial charge in [0.15, 0.2) is 5.65 Å². The molecule has 0 saturated heterocycles. The van der Waals surface area contributed by atoms with E-state index in [9.17, 15) is 4.79 Å². The molecule has 0 fully saturated rings. The lowest BCUT2D eigenvalue weighted by Gasteiger charge is -2.15. The summed E-state index contributed by atoms with van der Waals surface area (Å²) in [4.78, 5) is 16.0. The molecule has 108 valence electrons. The van der Waals surface area contributed by atoms with Crippen LogP contribution in [0.4, 0.5) is 10.7 Å². The number of nitrogens with one attached hydrogen (secondary N) is 2. The van der Waals surface area contributed by atoms with Gasteiger partial charge in [0.25, 0.3) is 5.95 Å². The summed E-state index contributed by atoms with van der Waals surface area (Å²) in [5.74, 6) is 0.257. The van der Waals surface area contributed by atoms with Crippen LogP contribution >= 0.6 is 15.9 Å². The van der Waals surface area contributed by atoms with Crippen LogP contribution in [0.5, 0.6) is 0 Å². The Balaban J connectivity index is 2.02. The van der Waals surface area contributed by atoms with Crippen molar-refractivity contribution in [3.63, 3.8) is 0 Å². The fourth-order valence-corrected chi connectivity index (χ4v) is 2.02. The number of rotatable bonds is 5. The van der Waals surface area contributed by atoms with Crippen LogP contribution in [0, 0.1) is 0 Å². The maximum absolute atomic E-state index is 11.8. The summed E-state index contributed by atoms with van der Waals surface area (Å²) in [6.45, 7) is 2.44. The van der Waals surface area contributed by atoms with Crippen LogP contribution in [0.2, 0.25) is 0 Å². The first-order valence-electron chi connectivity index (χ1n) is 6.20. The molecule has 0 aromatic carbocycles. The lowest BCUT2D eigenvalue weighted by atomic mass is 10.2. The average molecular weight is 342 g/mol. The topological polar surface area (TPSA) is 80.5 Å². The molecule has 0 aliphatic heterocycles. The molecule has 20 heavy (non-hydrogen) atoms. The molecule has 0 radical (unpaired) electrons. The molecule has 0 aliphatic rings. The Labute approximate surface area is 124 Å². The monoisotopic (exact) mass is 341 g/mol. The first kappa shape index (κ1) is 14.7. The van der Waals surface area contributed by atoms with Crippen molar-refractivity contribution in [3.05, 3.63) is 22.8 Å². The highest BCUT2D eigenvalue weighted by Gasteiger charge is 2.12. The van der Waals surface area contributed by atoms with Crippen molar-refractivity contribution >= 4 is 33.6 Å². The van der Waals surface area contributed by atoms with Gasteiger partial charge >= 0.3 is 6.03 Å². The Morgan fingerprint density at radius 2 is 2.35 bits per heavy atom. The van der Waals surface area contributed by atoms with Crippen LogP contribution in [0.3, 0.4) is 0 Å². The van der Waals surface area contributed by atoms with Crippen LogP contribution in [0.25, 0.3) is 5.65 Å². The highest BCUT2D eigenvalue weighted by molar-refractivity contribution is 9.10. The summed E-state index contributed by atoms with van der Waals surface area (Å²) in [5.41, 5.74) is 0.660. The Morgan fingerprint density at radius 1 is 1.55 bits per heavy atom. The molecule has 0 unspecified atom stereocenters. The van der Waals surface area contributed by atoms with E-state index in [0.29, 0.717) is 12.3 Å². The van der Waals surface area contributed by atoms with Gasteiger partial charge in [-0.15, -0.1) is 5.10 Å². The molecule has 2 heterocycles. The van der Waals surface area contributed by atoms with Crippen LogP contribution in [0.1, 0.15) is 13.3 Å². The van der Waals surface area contributed by atoms with Crippen molar-refractivity contribution in [2.45, 2.75) is 19.4 Å². The maximum atomic E-state index is 11.8. The molecular formula is C12H16BrN5O2. The van der Waals surface area contributed by atoms with E-state index in [1.807, 2.05) is 13.0 Å². The van der Waals surface area contributed by atoms with Crippen molar-refractivity contribution in [2.24, 2.45) is 0 Å². The summed E-state index contributed by atoms with van der Waals surface area (Å²) in [7, 11) is 1.60. The van der Waals surface area contributed by atoms with E-state index in [1.165, 1.54) is 0 Å². The van der Waals surface area contributed by atoms with E-state index >= 15 is 0 Å². The van der Waals surface area contributed by atoms with Crippen molar-refractivity contribution in [1.29, 1.82) is 0 Å². The average Bonchev–Trinajstić information content (AvgIpc) is 2.79. The second-order valence-electron chi connectivity index (χ2n) is 4.24. The zero-order valence-electron chi connectivity index (χ0n) is 11.3. The summed E-state index contributed by atoms with van der Waals surface area (Å²) in [6, 6.07) is 3.29.